The fraction of sp³-hybridized carbons (Fsp3) is 0.435. The Hall–Kier alpha value is -2.29. The zero-order chi connectivity index (χ0) is 19.4. The highest BCUT2D eigenvalue weighted by Crippen LogP contribution is 2.28. The van der Waals surface area contributed by atoms with Gasteiger partial charge in [0.2, 0.25) is 0 Å². The molecule has 0 aliphatic rings. The van der Waals surface area contributed by atoms with Crippen LogP contribution in [0.3, 0.4) is 0 Å². The van der Waals surface area contributed by atoms with Crippen molar-refractivity contribution in [3.05, 3.63) is 64.2 Å². The Kier molecular flexibility index (Phi) is 6.47. The number of aryl methyl sites for hydroxylation is 3. The zero-order valence-electron chi connectivity index (χ0n) is 17.0. The molecular formula is C23H31NO2. The first kappa shape index (κ1) is 20.0. The summed E-state index contributed by atoms with van der Waals surface area (Å²) in [6.07, 6.45) is -0.553. The van der Waals surface area contributed by atoms with Gasteiger partial charge in [-0.3, -0.25) is 4.79 Å². The van der Waals surface area contributed by atoms with Gasteiger partial charge in [-0.2, -0.15) is 0 Å². The Labute approximate surface area is 157 Å². The number of hydrogen-bond acceptors (Lipinski definition) is 2. The average molecular weight is 354 g/mol. The zero-order valence-corrected chi connectivity index (χ0v) is 17.0. The summed E-state index contributed by atoms with van der Waals surface area (Å²) in [4.78, 5) is 12.6. The van der Waals surface area contributed by atoms with Gasteiger partial charge in [0.25, 0.3) is 5.91 Å². The molecule has 0 spiro atoms. The van der Waals surface area contributed by atoms with Gasteiger partial charge in [-0.25, -0.2) is 0 Å². The fourth-order valence-electron chi connectivity index (χ4n) is 3.18. The van der Waals surface area contributed by atoms with Crippen molar-refractivity contribution in [3.8, 4) is 5.75 Å². The van der Waals surface area contributed by atoms with Crippen molar-refractivity contribution >= 4 is 5.91 Å². The molecule has 0 heterocycles. The molecule has 0 aromatic heterocycles. The molecule has 3 heteroatoms. The number of carbonyl (C=O) groups is 1. The van der Waals surface area contributed by atoms with Crippen LogP contribution < -0.4 is 10.1 Å². The lowest BCUT2D eigenvalue weighted by atomic mass is 10.00. The minimum Gasteiger partial charge on any atom is -0.481 e. The molecule has 140 valence electrons. The lowest BCUT2D eigenvalue weighted by Gasteiger charge is -2.22. The number of benzene rings is 2. The molecule has 2 atom stereocenters. The highest BCUT2D eigenvalue weighted by atomic mass is 16.5. The second-order valence-corrected chi connectivity index (χ2v) is 7.55. The topological polar surface area (TPSA) is 38.3 Å². The molecule has 1 N–H and O–H groups in total. The Bertz CT molecular complexity index is 780. The largest absolute Gasteiger partial charge is 0.481 e. The highest BCUT2D eigenvalue weighted by molar-refractivity contribution is 5.81. The van der Waals surface area contributed by atoms with E-state index < -0.39 is 6.10 Å². The van der Waals surface area contributed by atoms with Crippen LogP contribution in [-0.2, 0) is 4.79 Å². The van der Waals surface area contributed by atoms with Crippen LogP contribution in [0.5, 0.6) is 5.75 Å². The normalized spacial score (nSPS) is 13.4. The van der Waals surface area contributed by atoms with Crippen LogP contribution in [0.15, 0.2) is 36.4 Å². The van der Waals surface area contributed by atoms with Crippen molar-refractivity contribution < 1.29 is 9.53 Å². The van der Waals surface area contributed by atoms with Gasteiger partial charge in [-0.1, -0.05) is 49.7 Å². The standard InChI is InChI=1S/C23H31NO2/c1-14(2)20-10-8-16(4)13-22(20)26-19(7)23(25)24-18(6)21-11-9-15(3)12-17(21)5/h8-14,18-19H,1-7H3,(H,24,25)/t18-,19-/m1/s1. The maximum absolute atomic E-state index is 12.6. The summed E-state index contributed by atoms with van der Waals surface area (Å²) in [5.41, 5.74) is 5.79. The van der Waals surface area contributed by atoms with E-state index >= 15 is 0 Å². The first-order chi connectivity index (χ1) is 12.2. The summed E-state index contributed by atoms with van der Waals surface area (Å²) in [5.74, 6) is 1.03. The van der Waals surface area contributed by atoms with Crippen molar-refractivity contribution in [1.29, 1.82) is 0 Å². The molecule has 0 aliphatic heterocycles. The van der Waals surface area contributed by atoms with Crippen LogP contribution in [0.25, 0.3) is 0 Å². The van der Waals surface area contributed by atoms with Crippen molar-refractivity contribution in [2.24, 2.45) is 0 Å². The Morgan fingerprint density at radius 2 is 1.46 bits per heavy atom. The van der Waals surface area contributed by atoms with Gasteiger partial charge in [-0.05, 0) is 68.9 Å². The van der Waals surface area contributed by atoms with Gasteiger partial charge in [0.1, 0.15) is 5.75 Å². The summed E-state index contributed by atoms with van der Waals surface area (Å²) >= 11 is 0. The first-order valence-electron chi connectivity index (χ1n) is 9.33. The van der Waals surface area contributed by atoms with E-state index in [4.69, 9.17) is 4.74 Å². The predicted octanol–water partition coefficient (Wildman–Crippen LogP) is 5.38. The molecule has 2 rings (SSSR count). The number of rotatable bonds is 6. The maximum Gasteiger partial charge on any atom is 0.261 e. The fourth-order valence-corrected chi connectivity index (χ4v) is 3.18. The van der Waals surface area contributed by atoms with Gasteiger partial charge in [0.15, 0.2) is 6.10 Å². The van der Waals surface area contributed by atoms with Crippen LogP contribution in [-0.4, -0.2) is 12.0 Å². The summed E-state index contributed by atoms with van der Waals surface area (Å²) in [6, 6.07) is 12.4. The van der Waals surface area contributed by atoms with E-state index in [1.54, 1.807) is 6.92 Å². The molecule has 0 fully saturated rings. The lowest BCUT2D eigenvalue weighted by molar-refractivity contribution is -0.127. The van der Waals surface area contributed by atoms with Crippen molar-refractivity contribution in [2.45, 2.75) is 66.5 Å². The van der Waals surface area contributed by atoms with Crippen molar-refractivity contribution in [1.82, 2.24) is 5.32 Å². The van der Waals surface area contributed by atoms with Crippen LogP contribution in [0, 0.1) is 20.8 Å². The molecule has 0 aliphatic carbocycles. The molecular weight excluding hydrogens is 322 g/mol. The minimum absolute atomic E-state index is 0.0590. The summed E-state index contributed by atoms with van der Waals surface area (Å²) < 4.78 is 6.02. The second kappa shape index (κ2) is 8.39. The molecule has 0 saturated carbocycles. The smallest absolute Gasteiger partial charge is 0.261 e. The van der Waals surface area contributed by atoms with E-state index in [1.165, 1.54) is 11.1 Å². The van der Waals surface area contributed by atoms with Crippen LogP contribution in [0.1, 0.15) is 67.5 Å². The van der Waals surface area contributed by atoms with Crippen LogP contribution in [0.2, 0.25) is 0 Å². The summed E-state index contributed by atoms with van der Waals surface area (Å²) in [6.45, 7) is 14.3. The minimum atomic E-state index is -0.553. The number of amides is 1. The third-order valence-corrected chi connectivity index (χ3v) is 4.71. The quantitative estimate of drug-likeness (QED) is 0.757. The molecule has 26 heavy (non-hydrogen) atoms. The van der Waals surface area contributed by atoms with Gasteiger partial charge >= 0.3 is 0 Å². The lowest BCUT2D eigenvalue weighted by Crippen LogP contribution is -2.38. The highest BCUT2D eigenvalue weighted by Gasteiger charge is 2.20. The number of carbonyl (C=O) groups excluding carboxylic acids is 1. The van der Waals surface area contributed by atoms with E-state index in [1.807, 2.05) is 19.9 Å². The number of ether oxygens (including phenoxy) is 1. The molecule has 0 bridgehead atoms. The average Bonchev–Trinajstić information content (AvgIpc) is 2.54. The van der Waals surface area contributed by atoms with E-state index in [0.717, 1.165) is 22.4 Å². The molecule has 0 unspecified atom stereocenters. The molecule has 2 aromatic carbocycles. The van der Waals surface area contributed by atoms with Gasteiger partial charge in [0.05, 0.1) is 6.04 Å². The molecule has 3 nitrogen and oxygen atoms in total. The van der Waals surface area contributed by atoms with E-state index in [2.05, 4.69) is 63.3 Å². The third-order valence-electron chi connectivity index (χ3n) is 4.71. The van der Waals surface area contributed by atoms with Gasteiger partial charge in [0, 0.05) is 0 Å². The second-order valence-electron chi connectivity index (χ2n) is 7.55. The third kappa shape index (κ3) is 4.87. The van der Waals surface area contributed by atoms with E-state index in [0.29, 0.717) is 5.92 Å². The monoisotopic (exact) mass is 353 g/mol. The summed E-state index contributed by atoms with van der Waals surface area (Å²) in [7, 11) is 0. The first-order valence-corrected chi connectivity index (χ1v) is 9.33. The van der Waals surface area contributed by atoms with Gasteiger partial charge in [-0.15, -0.1) is 0 Å². The Morgan fingerprint density at radius 3 is 2.04 bits per heavy atom. The number of hydrogen-bond donors (Lipinski definition) is 1. The van der Waals surface area contributed by atoms with E-state index in [9.17, 15) is 4.79 Å². The van der Waals surface area contributed by atoms with Crippen molar-refractivity contribution in [2.75, 3.05) is 0 Å². The molecule has 2 aromatic rings. The van der Waals surface area contributed by atoms with Crippen LogP contribution >= 0.6 is 0 Å². The predicted molar refractivity (Wildman–Crippen MR) is 108 cm³/mol. The van der Waals surface area contributed by atoms with Gasteiger partial charge < -0.3 is 10.1 Å². The Morgan fingerprint density at radius 1 is 0.885 bits per heavy atom. The maximum atomic E-state index is 12.6. The number of nitrogens with one attached hydrogen (secondary N) is 1. The molecule has 0 radical (unpaired) electrons. The SMILES string of the molecule is Cc1ccc([C@@H](C)NC(=O)[C@@H](C)Oc2cc(C)ccc2C(C)C)c(C)c1. The molecule has 0 saturated heterocycles. The molecule has 1 amide bonds. The Balaban J connectivity index is 2.09. The summed E-state index contributed by atoms with van der Waals surface area (Å²) in [5, 5.41) is 3.08. The van der Waals surface area contributed by atoms with Crippen LogP contribution in [0.4, 0.5) is 0 Å². The van der Waals surface area contributed by atoms with E-state index in [-0.39, 0.29) is 11.9 Å². The van der Waals surface area contributed by atoms with Crippen molar-refractivity contribution in [3.63, 3.8) is 0 Å².